The number of carbonyl (C=O) groups is 1. The molecule has 0 spiro atoms. The van der Waals surface area contributed by atoms with Crippen molar-refractivity contribution in [1.82, 2.24) is 24.9 Å². The topological polar surface area (TPSA) is 61.7 Å². The summed E-state index contributed by atoms with van der Waals surface area (Å²) in [6.07, 6.45) is 8.51. The van der Waals surface area contributed by atoms with Crippen LogP contribution in [0.15, 0.2) is 30.5 Å². The number of piperidine rings is 1. The van der Waals surface area contributed by atoms with Gasteiger partial charge in [-0.2, -0.15) is 0 Å². The number of alkyl halides is 1. The summed E-state index contributed by atoms with van der Waals surface area (Å²) in [7, 11) is 0. The standard InChI is InChI=1S/C31H35F2N5OS/c32-20-9-14-37(15-10-20)13-3-12-35-30(39)19-7-8-27-28(16-19)40-31-36-26(18-38(27)31)29-22-5-1-4-21(22)23(17-24(29)33)25-6-2-11-34-25/h7-8,16-18,20,25,34H,1-6,9-15H2,(H,35,39)/t25-/m0/s1. The number of halogens is 2. The molecule has 0 unspecified atom stereocenters. The van der Waals surface area contributed by atoms with Gasteiger partial charge in [0, 0.05) is 43.0 Å². The van der Waals surface area contributed by atoms with Crippen LogP contribution in [-0.4, -0.2) is 59.1 Å². The van der Waals surface area contributed by atoms with Crippen LogP contribution in [0.4, 0.5) is 8.78 Å². The predicted octanol–water partition coefficient (Wildman–Crippen LogP) is 5.82. The zero-order chi connectivity index (χ0) is 27.2. The molecule has 40 heavy (non-hydrogen) atoms. The highest BCUT2D eigenvalue weighted by Crippen LogP contribution is 2.41. The number of carbonyl (C=O) groups excluding carboxylic acids is 1. The number of amides is 1. The fourth-order valence-corrected chi connectivity index (χ4v) is 7.86. The van der Waals surface area contributed by atoms with Gasteiger partial charge in [-0.3, -0.25) is 9.20 Å². The third-order valence-electron chi connectivity index (χ3n) is 8.89. The Morgan fingerprint density at radius 1 is 1.12 bits per heavy atom. The lowest BCUT2D eigenvalue weighted by Crippen LogP contribution is -2.36. The van der Waals surface area contributed by atoms with Gasteiger partial charge in [-0.25, -0.2) is 13.8 Å². The number of likely N-dealkylation sites (tertiary alicyclic amines) is 1. The fraction of sp³-hybridized carbons (Fsp3) is 0.484. The number of fused-ring (bicyclic) bond motifs is 4. The van der Waals surface area contributed by atoms with Gasteiger partial charge in [0.2, 0.25) is 0 Å². The van der Waals surface area contributed by atoms with Crippen LogP contribution in [0, 0.1) is 5.82 Å². The summed E-state index contributed by atoms with van der Waals surface area (Å²) in [5, 5.41) is 6.56. The average Bonchev–Trinajstić information content (AvgIpc) is 3.76. The average molecular weight is 564 g/mol. The van der Waals surface area contributed by atoms with Crippen molar-refractivity contribution in [3.8, 4) is 11.3 Å². The van der Waals surface area contributed by atoms with E-state index in [0.717, 1.165) is 91.0 Å². The van der Waals surface area contributed by atoms with Gasteiger partial charge in [-0.05, 0) is 105 Å². The first-order chi connectivity index (χ1) is 19.5. The molecule has 0 saturated carbocycles. The Kier molecular flexibility index (Phi) is 7.06. The number of benzene rings is 2. The molecule has 9 heteroatoms. The SMILES string of the molecule is O=C(NCCCN1CCC(F)CC1)c1ccc2c(c1)sc1nc(-c3c(F)cc([C@@H]4CCCN4)c4c3CCC4)cn12. The van der Waals surface area contributed by atoms with E-state index in [9.17, 15) is 9.18 Å². The number of hydrogen-bond acceptors (Lipinski definition) is 5. The van der Waals surface area contributed by atoms with Crippen LogP contribution in [0.3, 0.4) is 0 Å². The molecule has 2 N–H and O–H groups in total. The van der Waals surface area contributed by atoms with Gasteiger partial charge >= 0.3 is 0 Å². The Morgan fingerprint density at radius 2 is 1.98 bits per heavy atom. The van der Waals surface area contributed by atoms with Crippen molar-refractivity contribution in [2.45, 2.75) is 63.6 Å². The van der Waals surface area contributed by atoms with Crippen LogP contribution < -0.4 is 10.6 Å². The predicted molar refractivity (Wildman–Crippen MR) is 155 cm³/mol. The second-order valence-electron chi connectivity index (χ2n) is 11.5. The molecule has 7 rings (SSSR count). The number of imidazole rings is 1. The largest absolute Gasteiger partial charge is 0.352 e. The number of nitrogens with one attached hydrogen (secondary N) is 2. The highest BCUT2D eigenvalue weighted by atomic mass is 32.1. The fourth-order valence-electron chi connectivity index (χ4n) is 6.81. The number of hydrogen-bond donors (Lipinski definition) is 2. The van der Waals surface area contributed by atoms with Crippen molar-refractivity contribution in [2.24, 2.45) is 0 Å². The van der Waals surface area contributed by atoms with E-state index in [1.54, 1.807) is 6.07 Å². The van der Waals surface area contributed by atoms with Gasteiger partial charge in [0.05, 0.1) is 15.9 Å². The van der Waals surface area contributed by atoms with Crippen molar-refractivity contribution in [2.75, 3.05) is 32.7 Å². The van der Waals surface area contributed by atoms with Crippen LogP contribution in [0.5, 0.6) is 0 Å². The van der Waals surface area contributed by atoms with Crippen molar-refractivity contribution in [1.29, 1.82) is 0 Å². The Hall–Kier alpha value is -2.88. The van der Waals surface area contributed by atoms with Gasteiger partial charge < -0.3 is 15.5 Å². The molecular weight excluding hydrogens is 528 g/mol. The second kappa shape index (κ2) is 10.8. The lowest BCUT2D eigenvalue weighted by Gasteiger charge is -2.28. The van der Waals surface area contributed by atoms with E-state index < -0.39 is 6.17 Å². The zero-order valence-corrected chi connectivity index (χ0v) is 23.5. The first-order valence-corrected chi connectivity index (χ1v) is 15.5. The Morgan fingerprint density at radius 3 is 2.80 bits per heavy atom. The quantitative estimate of drug-likeness (QED) is 0.278. The normalized spacial score (nSPS) is 20.1. The van der Waals surface area contributed by atoms with Crippen LogP contribution >= 0.6 is 11.3 Å². The third-order valence-corrected chi connectivity index (χ3v) is 9.91. The van der Waals surface area contributed by atoms with Crippen molar-refractivity contribution < 1.29 is 13.6 Å². The number of nitrogens with zero attached hydrogens (tertiary/aromatic N) is 3. The van der Waals surface area contributed by atoms with Crippen LogP contribution in [-0.2, 0) is 12.8 Å². The maximum atomic E-state index is 15.6. The molecule has 210 valence electrons. The van der Waals surface area contributed by atoms with Gasteiger partial charge in [0.25, 0.3) is 5.91 Å². The Bertz CT molecular complexity index is 1570. The third kappa shape index (κ3) is 4.82. The Labute approximate surface area is 236 Å². The van der Waals surface area contributed by atoms with E-state index in [-0.39, 0.29) is 17.8 Å². The summed E-state index contributed by atoms with van der Waals surface area (Å²) < 4.78 is 32.0. The molecule has 1 aliphatic carbocycles. The molecule has 1 atom stereocenters. The molecular formula is C31H35F2N5OS. The molecule has 3 aliphatic rings. The summed E-state index contributed by atoms with van der Waals surface area (Å²) in [4.78, 5) is 20.7. The summed E-state index contributed by atoms with van der Waals surface area (Å²) in [6.45, 7) is 4.06. The van der Waals surface area contributed by atoms with Gasteiger partial charge in [0.15, 0.2) is 4.96 Å². The summed E-state index contributed by atoms with van der Waals surface area (Å²) >= 11 is 1.52. The van der Waals surface area contributed by atoms with E-state index >= 15 is 4.39 Å². The van der Waals surface area contributed by atoms with E-state index in [1.165, 1.54) is 16.9 Å². The van der Waals surface area contributed by atoms with E-state index in [0.29, 0.717) is 36.2 Å². The van der Waals surface area contributed by atoms with Crippen molar-refractivity contribution in [3.63, 3.8) is 0 Å². The monoisotopic (exact) mass is 563 g/mol. The van der Waals surface area contributed by atoms with E-state index in [4.69, 9.17) is 4.98 Å². The minimum Gasteiger partial charge on any atom is -0.352 e. The van der Waals surface area contributed by atoms with Crippen LogP contribution in [0.2, 0.25) is 0 Å². The van der Waals surface area contributed by atoms with Crippen LogP contribution in [0.1, 0.15) is 71.6 Å². The lowest BCUT2D eigenvalue weighted by atomic mass is 9.91. The van der Waals surface area contributed by atoms with Crippen LogP contribution in [0.25, 0.3) is 26.4 Å². The maximum absolute atomic E-state index is 15.6. The van der Waals surface area contributed by atoms with E-state index in [2.05, 4.69) is 15.5 Å². The second-order valence-corrected chi connectivity index (χ2v) is 12.5. The van der Waals surface area contributed by atoms with Gasteiger partial charge in [-0.15, -0.1) is 0 Å². The number of rotatable bonds is 7. The number of aromatic nitrogens is 2. The smallest absolute Gasteiger partial charge is 0.251 e. The lowest BCUT2D eigenvalue weighted by molar-refractivity contribution is 0.0950. The molecule has 2 fully saturated rings. The van der Waals surface area contributed by atoms with Gasteiger partial charge in [-0.1, -0.05) is 11.3 Å². The molecule has 0 radical (unpaired) electrons. The van der Waals surface area contributed by atoms with E-state index in [1.807, 2.05) is 28.8 Å². The van der Waals surface area contributed by atoms with Crippen molar-refractivity contribution >= 4 is 32.4 Å². The summed E-state index contributed by atoms with van der Waals surface area (Å²) in [5.74, 6) is -0.268. The first kappa shape index (κ1) is 26.0. The maximum Gasteiger partial charge on any atom is 0.251 e. The molecule has 2 aliphatic heterocycles. The molecule has 2 aromatic heterocycles. The summed E-state index contributed by atoms with van der Waals surface area (Å²) in [6, 6.07) is 7.73. The highest BCUT2D eigenvalue weighted by Gasteiger charge is 2.29. The molecule has 6 nitrogen and oxygen atoms in total. The molecule has 4 heterocycles. The molecule has 4 aromatic rings. The minimum atomic E-state index is -0.662. The van der Waals surface area contributed by atoms with Gasteiger partial charge in [0.1, 0.15) is 12.0 Å². The molecule has 2 saturated heterocycles. The summed E-state index contributed by atoms with van der Waals surface area (Å²) in [5.41, 5.74) is 6.52. The molecule has 2 aromatic carbocycles. The Balaban J connectivity index is 1.08. The zero-order valence-electron chi connectivity index (χ0n) is 22.6. The highest BCUT2D eigenvalue weighted by molar-refractivity contribution is 7.23. The number of thiazole rings is 1. The minimum absolute atomic E-state index is 0.0921. The van der Waals surface area contributed by atoms with Crippen molar-refractivity contribution in [3.05, 3.63) is 58.5 Å². The first-order valence-electron chi connectivity index (χ1n) is 14.7. The molecule has 0 bridgehead atoms. The molecule has 1 amide bonds.